The summed E-state index contributed by atoms with van der Waals surface area (Å²) in [5, 5.41) is 0. The molecule has 1 aliphatic rings. The molecule has 0 unspecified atom stereocenters. The maximum atomic E-state index is 5.08. The Labute approximate surface area is 109 Å². The molecule has 1 fully saturated rings. The van der Waals surface area contributed by atoms with Crippen molar-refractivity contribution < 1.29 is 4.74 Å². The predicted molar refractivity (Wildman–Crippen MR) is 71.0 cm³/mol. The first-order valence-electron chi connectivity index (χ1n) is 5.21. The van der Waals surface area contributed by atoms with Crippen LogP contribution < -0.4 is 9.64 Å². The standard InChI is InChI=1S/C10H15IN4O/c1-14-3-5-15(6-4-14)9-7-8(11)12-10(13-9)16-2/h7H,3-6H2,1-2H3. The fraction of sp³-hybridized carbons (Fsp3) is 0.600. The van der Waals surface area contributed by atoms with Crippen LogP contribution >= 0.6 is 22.6 Å². The van der Waals surface area contributed by atoms with E-state index in [1.54, 1.807) is 7.11 Å². The molecule has 0 bridgehead atoms. The third-order valence-electron chi connectivity index (χ3n) is 2.67. The number of hydrogen-bond acceptors (Lipinski definition) is 5. The van der Waals surface area contributed by atoms with E-state index in [-0.39, 0.29) is 0 Å². The molecular formula is C10H15IN4O. The number of nitrogens with zero attached hydrogens (tertiary/aromatic N) is 4. The molecule has 0 atom stereocenters. The van der Waals surface area contributed by atoms with Crippen molar-refractivity contribution >= 4 is 28.4 Å². The second kappa shape index (κ2) is 5.13. The highest BCUT2D eigenvalue weighted by Crippen LogP contribution is 2.18. The number of ether oxygens (including phenoxy) is 1. The summed E-state index contributed by atoms with van der Waals surface area (Å²) in [6.45, 7) is 4.16. The summed E-state index contributed by atoms with van der Waals surface area (Å²) in [6, 6.07) is 2.44. The van der Waals surface area contributed by atoms with E-state index < -0.39 is 0 Å². The van der Waals surface area contributed by atoms with Gasteiger partial charge in [0, 0.05) is 32.2 Å². The highest BCUT2D eigenvalue weighted by atomic mass is 127. The molecule has 0 spiro atoms. The second-order valence-corrected chi connectivity index (χ2v) is 4.93. The van der Waals surface area contributed by atoms with Crippen molar-refractivity contribution in [2.75, 3.05) is 45.2 Å². The van der Waals surface area contributed by atoms with Crippen LogP contribution in [0.1, 0.15) is 0 Å². The summed E-state index contributed by atoms with van der Waals surface area (Å²) >= 11 is 2.19. The summed E-state index contributed by atoms with van der Waals surface area (Å²) in [6.07, 6.45) is 0. The molecule has 6 heteroatoms. The van der Waals surface area contributed by atoms with Gasteiger partial charge in [-0.3, -0.25) is 0 Å². The van der Waals surface area contributed by atoms with Crippen LogP contribution in [-0.4, -0.2) is 55.2 Å². The fourth-order valence-electron chi connectivity index (χ4n) is 1.67. The predicted octanol–water partition coefficient (Wildman–Crippen LogP) is 0.842. The van der Waals surface area contributed by atoms with Crippen LogP contribution in [0.4, 0.5) is 5.82 Å². The molecule has 16 heavy (non-hydrogen) atoms. The van der Waals surface area contributed by atoms with Gasteiger partial charge < -0.3 is 14.5 Å². The van der Waals surface area contributed by atoms with Gasteiger partial charge in [-0.05, 0) is 29.6 Å². The lowest BCUT2D eigenvalue weighted by molar-refractivity contribution is 0.311. The van der Waals surface area contributed by atoms with Gasteiger partial charge in [-0.15, -0.1) is 0 Å². The van der Waals surface area contributed by atoms with E-state index in [4.69, 9.17) is 4.74 Å². The molecule has 2 heterocycles. The Balaban J connectivity index is 2.16. The smallest absolute Gasteiger partial charge is 0.319 e. The quantitative estimate of drug-likeness (QED) is 0.592. The van der Waals surface area contributed by atoms with E-state index in [2.05, 4.69) is 49.4 Å². The van der Waals surface area contributed by atoms with Gasteiger partial charge in [0.2, 0.25) is 0 Å². The summed E-state index contributed by atoms with van der Waals surface area (Å²) in [7, 11) is 3.74. The molecule has 1 saturated heterocycles. The molecule has 0 saturated carbocycles. The van der Waals surface area contributed by atoms with Gasteiger partial charge >= 0.3 is 6.01 Å². The molecule has 88 valence electrons. The highest BCUT2D eigenvalue weighted by molar-refractivity contribution is 14.1. The van der Waals surface area contributed by atoms with E-state index in [9.17, 15) is 0 Å². The molecule has 1 aliphatic heterocycles. The summed E-state index contributed by atoms with van der Waals surface area (Å²) in [5.41, 5.74) is 0. The zero-order chi connectivity index (χ0) is 11.5. The van der Waals surface area contributed by atoms with Gasteiger partial charge in [-0.2, -0.15) is 9.97 Å². The van der Waals surface area contributed by atoms with E-state index in [1.165, 1.54) is 0 Å². The minimum absolute atomic E-state index is 0.445. The number of likely N-dealkylation sites (N-methyl/N-ethyl adjacent to an activating group) is 1. The van der Waals surface area contributed by atoms with Crippen molar-refractivity contribution in [2.45, 2.75) is 0 Å². The molecular weight excluding hydrogens is 319 g/mol. The minimum atomic E-state index is 0.445. The average molecular weight is 334 g/mol. The Morgan fingerprint density at radius 3 is 2.56 bits per heavy atom. The van der Waals surface area contributed by atoms with Crippen LogP contribution in [0.2, 0.25) is 0 Å². The first-order chi connectivity index (χ1) is 7.69. The van der Waals surface area contributed by atoms with Crippen LogP contribution in [0, 0.1) is 3.70 Å². The molecule has 5 nitrogen and oxygen atoms in total. The SMILES string of the molecule is COc1nc(I)cc(N2CCN(C)CC2)n1. The fourth-order valence-corrected chi connectivity index (χ4v) is 2.16. The molecule has 0 amide bonds. The van der Waals surface area contributed by atoms with Crippen molar-refractivity contribution in [3.05, 3.63) is 9.77 Å². The van der Waals surface area contributed by atoms with Crippen molar-refractivity contribution in [3.8, 4) is 6.01 Å². The maximum Gasteiger partial charge on any atom is 0.319 e. The van der Waals surface area contributed by atoms with Crippen molar-refractivity contribution in [1.29, 1.82) is 0 Å². The van der Waals surface area contributed by atoms with Gasteiger partial charge in [0.25, 0.3) is 0 Å². The molecule has 1 aromatic rings. The minimum Gasteiger partial charge on any atom is -0.467 e. The monoisotopic (exact) mass is 334 g/mol. The topological polar surface area (TPSA) is 41.5 Å². The maximum absolute atomic E-state index is 5.08. The Morgan fingerprint density at radius 1 is 1.25 bits per heavy atom. The van der Waals surface area contributed by atoms with Gasteiger partial charge in [-0.1, -0.05) is 0 Å². The van der Waals surface area contributed by atoms with E-state index in [0.717, 1.165) is 35.7 Å². The van der Waals surface area contributed by atoms with E-state index in [0.29, 0.717) is 6.01 Å². The van der Waals surface area contributed by atoms with Crippen LogP contribution in [0.5, 0.6) is 6.01 Å². The Kier molecular flexibility index (Phi) is 3.80. The third-order valence-corrected chi connectivity index (χ3v) is 3.22. The molecule has 0 aliphatic carbocycles. The van der Waals surface area contributed by atoms with Crippen LogP contribution in [-0.2, 0) is 0 Å². The van der Waals surface area contributed by atoms with Gasteiger partial charge in [0.05, 0.1) is 7.11 Å². The first kappa shape index (κ1) is 11.8. The highest BCUT2D eigenvalue weighted by Gasteiger charge is 2.16. The van der Waals surface area contributed by atoms with Crippen LogP contribution in [0.25, 0.3) is 0 Å². The van der Waals surface area contributed by atoms with Crippen LogP contribution in [0.3, 0.4) is 0 Å². The van der Waals surface area contributed by atoms with Crippen molar-refractivity contribution in [1.82, 2.24) is 14.9 Å². The molecule has 2 rings (SSSR count). The number of aromatic nitrogens is 2. The van der Waals surface area contributed by atoms with Gasteiger partial charge in [0.1, 0.15) is 9.52 Å². The summed E-state index contributed by atoms with van der Waals surface area (Å²) in [4.78, 5) is 13.1. The average Bonchev–Trinajstić information content (AvgIpc) is 2.29. The lowest BCUT2D eigenvalue weighted by Gasteiger charge is -2.33. The molecule has 1 aromatic heterocycles. The number of rotatable bonds is 2. The van der Waals surface area contributed by atoms with Crippen molar-refractivity contribution in [2.24, 2.45) is 0 Å². The number of halogens is 1. The van der Waals surface area contributed by atoms with Gasteiger partial charge in [-0.25, -0.2) is 0 Å². The normalized spacial score (nSPS) is 17.6. The molecule has 0 radical (unpaired) electrons. The van der Waals surface area contributed by atoms with E-state index >= 15 is 0 Å². The summed E-state index contributed by atoms with van der Waals surface area (Å²) in [5.74, 6) is 0.962. The number of hydrogen-bond donors (Lipinski definition) is 0. The number of anilines is 1. The van der Waals surface area contributed by atoms with Gasteiger partial charge in [0.15, 0.2) is 0 Å². The summed E-state index contributed by atoms with van der Waals surface area (Å²) < 4.78 is 6.00. The van der Waals surface area contributed by atoms with Crippen LogP contribution in [0.15, 0.2) is 6.07 Å². The molecule has 0 N–H and O–H groups in total. The molecule has 0 aromatic carbocycles. The largest absolute Gasteiger partial charge is 0.467 e. The lowest BCUT2D eigenvalue weighted by atomic mass is 10.3. The van der Waals surface area contributed by atoms with Crippen molar-refractivity contribution in [3.63, 3.8) is 0 Å². The number of piperazine rings is 1. The lowest BCUT2D eigenvalue weighted by Crippen LogP contribution is -2.44. The zero-order valence-corrected chi connectivity index (χ0v) is 11.6. The Bertz CT molecular complexity index is 366. The number of methoxy groups -OCH3 is 1. The third kappa shape index (κ3) is 2.73. The first-order valence-corrected chi connectivity index (χ1v) is 6.29. The van der Waals surface area contributed by atoms with E-state index in [1.807, 2.05) is 6.07 Å². The second-order valence-electron chi connectivity index (χ2n) is 3.83. The Hall–Kier alpha value is -0.630. The Morgan fingerprint density at radius 2 is 1.94 bits per heavy atom. The zero-order valence-electron chi connectivity index (χ0n) is 9.48.